The van der Waals surface area contributed by atoms with Gasteiger partial charge in [-0.1, -0.05) is 6.08 Å². The summed E-state index contributed by atoms with van der Waals surface area (Å²) in [5, 5.41) is 0. The third kappa shape index (κ3) is 1.76. The van der Waals surface area contributed by atoms with Gasteiger partial charge in [0, 0.05) is 18.8 Å². The minimum absolute atomic E-state index is 1.23. The smallest absolute Gasteiger partial charge is 0.0174 e. The lowest BCUT2D eigenvalue weighted by Gasteiger charge is -2.29. The normalized spacial score (nSPS) is 21.4. The van der Waals surface area contributed by atoms with Crippen LogP contribution in [-0.2, 0) is 0 Å². The summed E-state index contributed by atoms with van der Waals surface area (Å²) in [5.74, 6) is 0. The van der Waals surface area contributed by atoms with Crippen molar-refractivity contribution in [2.75, 3.05) is 13.1 Å². The first-order valence-corrected chi connectivity index (χ1v) is 4.05. The van der Waals surface area contributed by atoms with Crippen LogP contribution in [-0.4, -0.2) is 18.0 Å². The molecule has 1 aliphatic rings. The molecule has 0 atom stereocenters. The third-order valence-electron chi connectivity index (χ3n) is 2.15. The highest BCUT2D eigenvalue weighted by molar-refractivity contribution is 4.99. The van der Waals surface area contributed by atoms with E-state index in [0.29, 0.717) is 0 Å². The Bertz CT molecular complexity index is 121. The highest BCUT2D eigenvalue weighted by Crippen LogP contribution is 2.13. The molecule has 0 N–H and O–H groups in total. The maximum Gasteiger partial charge on any atom is 0.0174 e. The summed E-state index contributed by atoms with van der Waals surface area (Å²) in [7, 11) is 0. The molecule has 1 heterocycles. The standard InChI is InChI=1S/C9H16N/c1-3-9(2)10-7-5-4-6-8-10/h3H,1,4-8H2,2H3. The highest BCUT2D eigenvalue weighted by atomic mass is 15.1. The minimum Gasteiger partial charge on any atom is -0.375 e. The van der Waals surface area contributed by atoms with Crippen LogP contribution in [0, 0.1) is 6.92 Å². The lowest BCUT2D eigenvalue weighted by atomic mass is 10.1. The quantitative estimate of drug-likeness (QED) is 0.537. The molecule has 0 bridgehead atoms. The molecule has 1 saturated heterocycles. The van der Waals surface area contributed by atoms with Crippen molar-refractivity contribution in [1.29, 1.82) is 0 Å². The summed E-state index contributed by atoms with van der Waals surface area (Å²) in [6.07, 6.45) is 6.06. The highest BCUT2D eigenvalue weighted by Gasteiger charge is 2.08. The average molecular weight is 138 g/mol. The number of likely N-dealkylation sites (tertiary alicyclic amines) is 1. The van der Waals surface area contributed by atoms with Crippen LogP contribution >= 0.6 is 0 Å². The number of hydrogen-bond acceptors (Lipinski definition) is 1. The van der Waals surface area contributed by atoms with Crippen LogP contribution in [0.1, 0.15) is 26.2 Å². The van der Waals surface area contributed by atoms with E-state index in [1.807, 2.05) is 6.08 Å². The Morgan fingerprint density at radius 1 is 1.30 bits per heavy atom. The SMILES string of the molecule is [CH2]C=C(C)N1CCCCC1. The van der Waals surface area contributed by atoms with Gasteiger partial charge in [0.25, 0.3) is 0 Å². The van der Waals surface area contributed by atoms with Gasteiger partial charge >= 0.3 is 0 Å². The Kier molecular flexibility index (Phi) is 2.79. The van der Waals surface area contributed by atoms with Gasteiger partial charge in [-0.15, -0.1) is 0 Å². The Morgan fingerprint density at radius 3 is 2.40 bits per heavy atom. The maximum atomic E-state index is 3.76. The number of nitrogens with zero attached hydrogens (tertiary/aromatic N) is 1. The fourth-order valence-electron chi connectivity index (χ4n) is 1.38. The summed E-state index contributed by atoms with van der Waals surface area (Å²) < 4.78 is 0. The molecule has 1 nitrogen and oxygen atoms in total. The molecule has 0 spiro atoms. The van der Waals surface area contributed by atoms with Gasteiger partial charge in [0.05, 0.1) is 0 Å². The molecular formula is C9H16N. The molecule has 1 fully saturated rings. The van der Waals surface area contributed by atoms with Crippen LogP contribution in [0.25, 0.3) is 0 Å². The van der Waals surface area contributed by atoms with Gasteiger partial charge in [0.2, 0.25) is 0 Å². The number of hydrogen-bond donors (Lipinski definition) is 0. The molecule has 0 amide bonds. The first-order valence-electron chi connectivity index (χ1n) is 4.05. The van der Waals surface area contributed by atoms with Crippen molar-refractivity contribution < 1.29 is 0 Å². The zero-order valence-corrected chi connectivity index (χ0v) is 6.77. The molecule has 57 valence electrons. The maximum absolute atomic E-state index is 3.76. The molecule has 0 aromatic rings. The Labute approximate surface area is 63.7 Å². The zero-order valence-electron chi connectivity index (χ0n) is 6.77. The van der Waals surface area contributed by atoms with Crippen molar-refractivity contribution in [1.82, 2.24) is 4.90 Å². The second kappa shape index (κ2) is 3.65. The predicted molar refractivity (Wildman–Crippen MR) is 44.5 cm³/mol. The fourth-order valence-corrected chi connectivity index (χ4v) is 1.38. The van der Waals surface area contributed by atoms with E-state index in [2.05, 4.69) is 18.7 Å². The first kappa shape index (κ1) is 7.64. The third-order valence-corrected chi connectivity index (χ3v) is 2.15. The van der Waals surface area contributed by atoms with E-state index in [4.69, 9.17) is 0 Å². The Balaban J connectivity index is 2.39. The monoisotopic (exact) mass is 138 g/mol. The zero-order chi connectivity index (χ0) is 7.40. The van der Waals surface area contributed by atoms with Crippen LogP contribution in [0.3, 0.4) is 0 Å². The summed E-state index contributed by atoms with van der Waals surface area (Å²) in [6, 6.07) is 0. The minimum atomic E-state index is 1.23. The topological polar surface area (TPSA) is 3.24 Å². The lowest BCUT2D eigenvalue weighted by Crippen LogP contribution is -2.27. The van der Waals surface area contributed by atoms with E-state index in [1.165, 1.54) is 38.0 Å². The van der Waals surface area contributed by atoms with Gasteiger partial charge < -0.3 is 4.90 Å². The second-order valence-electron chi connectivity index (χ2n) is 2.89. The van der Waals surface area contributed by atoms with E-state index < -0.39 is 0 Å². The van der Waals surface area contributed by atoms with Gasteiger partial charge in [-0.2, -0.15) is 0 Å². The van der Waals surface area contributed by atoms with Crippen molar-refractivity contribution in [2.45, 2.75) is 26.2 Å². The van der Waals surface area contributed by atoms with Crippen molar-refractivity contribution in [3.63, 3.8) is 0 Å². The van der Waals surface area contributed by atoms with E-state index >= 15 is 0 Å². The Hall–Kier alpha value is -0.460. The number of allylic oxidation sites excluding steroid dienone is 2. The molecule has 1 aliphatic heterocycles. The summed E-state index contributed by atoms with van der Waals surface area (Å²) in [6.45, 7) is 8.36. The average Bonchev–Trinajstić information content (AvgIpc) is 2.05. The molecule has 0 unspecified atom stereocenters. The van der Waals surface area contributed by atoms with E-state index in [0.717, 1.165) is 0 Å². The van der Waals surface area contributed by atoms with Gasteiger partial charge in [-0.25, -0.2) is 0 Å². The molecule has 1 heteroatoms. The van der Waals surface area contributed by atoms with Crippen LogP contribution in [0.4, 0.5) is 0 Å². The predicted octanol–water partition coefficient (Wildman–Crippen LogP) is 2.21. The van der Waals surface area contributed by atoms with Crippen LogP contribution in [0.5, 0.6) is 0 Å². The van der Waals surface area contributed by atoms with Crippen LogP contribution < -0.4 is 0 Å². The summed E-state index contributed by atoms with van der Waals surface area (Å²) >= 11 is 0. The molecule has 10 heavy (non-hydrogen) atoms. The summed E-state index contributed by atoms with van der Waals surface area (Å²) in [5.41, 5.74) is 1.33. The Morgan fingerprint density at radius 2 is 1.90 bits per heavy atom. The molecule has 0 saturated carbocycles. The van der Waals surface area contributed by atoms with Crippen LogP contribution in [0.15, 0.2) is 11.8 Å². The van der Waals surface area contributed by atoms with Gasteiger partial charge in [-0.05, 0) is 33.1 Å². The fraction of sp³-hybridized carbons (Fsp3) is 0.667. The molecule has 0 aromatic carbocycles. The van der Waals surface area contributed by atoms with E-state index in [9.17, 15) is 0 Å². The van der Waals surface area contributed by atoms with Gasteiger partial charge in [-0.3, -0.25) is 0 Å². The van der Waals surface area contributed by atoms with E-state index in [1.54, 1.807) is 0 Å². The molecule has 1 rings (SSSR count). The lowest BCUT2D eigenvalue weighted by molar-refractivity contribution is 0.286. The van der Waals surface area contributed by atoms with Crippen molar-refractivity contribution in [2.24, 2.45) is 0 Å². The number of rotatable bonds is 1. The number of piperidine rings is 1. The van der Waals surface area contributed by atoms with Crippen molar-refractivity contribution >= 4 is 0 Å². The molecule has 0 aliphatic carbocycles. The molecular weight excluding hydrogens is 122 g/mol. The molecule has 0 aromatic heterocycles. The van der Waals surface area contributed by atoms with Gasteiger partial charge in [0.1, 0.15) is 0 Å². The van der Waals surface area contributed by atoms with Gasteiger partial charge in [0.15, 0.2) is 0 Å². The van der Waals surface area contributed by atoms with Crippen LogP contribution in [0.2, 0.25) is 0 Å². The largest absolute Gasteiger partial charge is 0.375 e. The van der Waals surface area contributed by atoms with Crippen molar-refractivity contribution in [3.8, 4) is 0 Å². The molecule has 1 radical (unpaired) electrons. The summed E-state index contributed by atoms with van der Waals surface area (Å²) in [4.78, 5) is 2.41. The first-order chi connectivity index (χ1) is 4.84. The second-order valence-corrected chi connectivity index (χ2v) is 2.89. The van der Waals surface area contributed by atoms with E-state index in [-0.39, 0.29) is 0 Å². The van der Waals surface area contributed by atoms with Crippen molar-refractivity contribution in [3.05, 3.63) is 18.7 Å².